The van der Waals surface area contributed by atoms with Crippen molar-refractivity contribution in [3.63, 3.8) is 0 Å². The Labute approximate surface area is 208 Å². The van der Waals surface area contributed by atoms with Gasteiger partial charge in [-0.3, -0.25) is 9.59 Å². The van der Waals surface area contributed by atoms with Gasteiger partial charge in [0.05, 0.1) is 0 Å². The fourth-order valence-electron chi connectivity index (χ4n) is 3.93. The van der Waals surface area contributed by atoms with Crippen molar-refractivity contribution in [2.24, 2.45) is 0 Å². The van der Waals surface area contributed by atoms with Crippen LogP contribution in [-0.2, 0) is 29.0 Å². The molecule has 3 rings (SSSR count). The normalized spacial score (nSPS) is 12.6. The zero-order chi connectivity index (χ0) is 25.2. The molecule has 3 aromatic carbocycles. The summed E-state index contributed by atoms with van der Waals surface area (Å²) in [4.78, 5) is 28.7. The minimum Gasteiger partial charge on any atom is -0.352 e. The highest BCUT2D eigenvalue weighted by Gasteiger charge is 2.30. The van der Waals surface area contributed by atoms with Crippen LogP contribution in [0.15, 0.2) is 78.9 Å². The van der Waals surface area contributed by atoms with Gasteiger partial charge in [-0.25, -0.2) is 4.39 Å². The van der Waals surface area contributed by atoms with Crippen molar-refractivity contribution in [1.82, 2.24) is 10.2 Å². The van der Waals surface area contributed by atoms with E-state index >= 15 is 0 Å². The van der Waals surface area contributed by atoms with Crippen LogP contribution in [0.4, 0.5) is 4.39 Å². The zero-order valence-corrected chi connectivity index (χ0v) is 20.8. The number of aryl methyl sites for hydroxylation is 2. The Morgan fingerprint density at radius 1 is 0.886 bits per heavy atom. The van der Waals surface area contributed by atoms with E-state index in [1.165, 1.54) is 17.7 Å². The lowest BCUT2D eigenvalue weighted by molar-refractivity contribution is -0.141. The summed E-state index contributed by atoms with van der Waals surface area (Å²) < 4.78 is 13.5. The third kappa shape index (κ3) is 8.06. The highest BCUT2D eigenvalue weighted by atomic mass is 19.1. The summed E-state index contributed by atoms with van der Waals surface area (Å²) in [5.41, 5.74) is 4.01. The van der Waals surface area contributed by atoms with Crippen LogP contribution in [-0.4, -0.2) is 28.8 Å². The minimum absolute atomic E-state index is 0.00361. The third-order valence-corrected chi connectivity index (χ3v) is 6.29. The van der Waals surface area contributed by atoms with E-state index in [-0.39, 0.29) is 36.6 Å². The Hall–Kier alpha value is -3.47. The predicted octanol–water partition coefficient (Wildman–Crippen LogP) is 5.62. The number of carbonyl (C=O) groups excluding carboxylic acids is 2. The Morgan fingerprint density at radius 3 is 2.14 bits per heavy atom. The lowest BCUT2D eigenvalue weighted by atomic mass is 10.0. The monoisotopic (exact) mass is 474 g/mol. The smallest absolute Gasteiger partial charge is 0.243 e. The van der Waals surface area contributed by atoms with Gasteiger partial charge in [-0.1, -0.05) is 79.2 Å². The van der Waals surface area contributed by atoms with Crippen molar-refractivity contribution in [3.8, 4) is 0 Å². The molecule has 0 radical (unpaired) electrons. The van der Waals surface area contributed by atoms with Crippen LogP contribution in [0, 0.1) is 12.7 Å². The van der Waals surface area contributed by atoms with Gasteiger partial charge in [0.1, 0.15) is 11.9 Å². The minimum atomic E-state index is -0.679. The number of hydrogen-bond donors (Lipinski definition) is 1. The average Bonchev–Trinajstić information content (AvgIpc) is 2.87. The van der Waals surface area contributed by atoms with Crippen molar-refractivity contribution in [2.45, 2.75) is 65.1 Å². The molecule has 2 atom stereocenters. The van der Waals surface area contributed by atoms with Gasteiger partial charge < -0.3 is 10.2 Å². The molecule has 0 spiro atoms. The molecule has 35 heavy (non-hydrogen) atoms. The number of carbonyl (C=O) groups is 2. The molecule has 0 saturated carbocycles. The van der Waals surface area contributed by atoms with Gasteiger partial charge >= 0.3 is 0 Å². The summed E-state index contributed by atoms with van der Waals surface area (Å²) >= 11 is 0. The molecule has 2 amide bonds. The van der Waals surface area contributed by atoms with E-state index in [4.69, 9.17) is 0 Å². The SMILES string of the molecule is CC[C@@H](C)NC(=O)[C@@H](Cc1ccccc1)N(Cc1ccc(F)cc1)C(=O)CCc1ccc(C)cc1. The summed E-state index contributed by atoms with van der Waals surface area (Å²) in [7, 11) is 0. The maximum atomic E-state index is 13.6. The van der Waals surface area contributed by atoms with Crippen molar-refractivity contribution >= 4 is 11.8 Å². The third-order valence-electron chi connectivity index (χ3n) is 6.29. The van der Waals surface area contributed by atoms with Crippen molar-refractivity contribution in [2.75, 3.05) is 0 Å². The highest BCUT2D eigenvalue weighted by molar-refractivity contribution is 5.88. The number of hydrogen-bond acceptors (Lipinski definition) is 2. The maximum absolute atomic E-state index is 13.6. The highest BCUT2D eigenvalue weighted by Crippen LogP contribution is 2.18. The molecule has 5 heteroatoms. The molecule has 0 heterocycles. The number of halogens is 1. The van der Waals surface area contributed by atoms with E-state index < -0.39 is 6.04 Å². The molecule has 0 aliphatic heterocycles. The van der Waals surface area contributed by atoms with Crippen LogP contribution in [0.1, 0.15) is 48.9 Å². The molecule has 0 aromatic heterocycles. The second-order valence-electron chi connectivity index (χ2n) is 9.16. The standard InChI is InChI=1S/C30H35FN2O2/c1-4-23(3)32-30(35)28(20-25-8-6-5-7-9-25)33(21-26-14-17-27(31)18-15-26)29(34)19-16-24-12-10-22(2)11-13-24/h5-15,17-18,23,28H,4,16,19-21H2,1-3H3,(H,32,35)/t23-,28-/m1/s1. The van der Waals surface area contributed by atoms with Crippen LogP contribution >= 0.6 is 0 Å². The Kier molecular flexibility index (Phi) is 9.59. The molecule has 0 aliphatic carbocycles. The molecular weight excluding hydrogens is 439 g/mol. The summed E-state index contributed by atoms with van der Waals surface area (Å²) in [6.07, 6.45) is 2.07. The molecule has 4 nitrogen and oxygen atoms in total. The number of amides is 2. The fourth-order valence-corrected chi connectivity index (χ4v) is 3.93. The fraction of sp³-hybridized carbons (Fsp3) is 0.333. The van der Waals surface area contributed by atoms with Crippen LogP contribution in [0.25, 0.3) is 0 Å². The van der Waals surface area contributed by atoms with E-state index in [0.29, 0.717) is 12.8 Å². The van der Waals surface area contributed by atoms with Gasteiger partial charge in [-0.2, -0.15) is 0 Å². The number of nitrogens with zero attached hydrogens (tertiary/aromatic N) is 1. The van der Waals surface area contributed by atoms with E-state index in [1.54, 1.807) is 17.0 Å². The zero-order valence-electron chi connectivity index (χ0n) is 20.8. The van der Waals surface area contributed by atoms with Gasteiger partial charge in [-0.05, 0) is 55.5 Å². The van der Waals surface area contributed by atoms with Crippen LogP contribution < -0.4 is 5.32 Å². The summed E-state index contributed by atoms with van der Waals surface area (Å²) in [6, 6.07) is 23.3. The van der Waals surface area contributed by atoms with E-state index in [0.717, 1.165) is 23.1 Å². The van der Waals surface area contributed by atoms with Crippen molar-refractivity contribution in [3.05, 3.63) is 107 Å². The first-order valence-electron chi connectivity index (χ1n) is 12.3. The molecule has 184 valence electrons. The Bertz CT molecular complexity index is 1080. The first-order chi connectivity index (χ1) is 16.9. The topological polar surface area (TPSA) is 49.4 Å². The molecular formula is C30H35FN2O2. The average molecular weight is 475 g/mol. The molecule has 3 aromatic rings. The Morgan fingerprint density at radius 2 is 1.51 bits per heavy atom. The van der Waals surface area contributed by atoms with Crippen molar-refractivity contribution < 1.29 is 14.0 Å². The first-order valence-corrected chi connectivity index (χ1v) is 12.3. The van der Waals surface area contributed by atoms with Crippen LogP contribution in [0.5, 0.6) is 0 Å². The second-order valence-corrected chi connectivity index (χ2v) is 9.16. The van der Waals surface area contributed by atoms with Gasteiger partial charge in [0.25, 0.3) is 0 Å². The quantitative estimate of drug-likeness (QED) is 0.392. The van der Waals surface area contributed by atoms with Gasteiger partial charge in [-0.15, -0.1) is 0 Å². The van der Waals surface area contributed by atoms with Crippen LogP contribution in [0.3, 0.4) is 0 Å². The molecule has 0 fully saturated rings. The number of benzene rings is 3. The largest absolute Gasteiger partial charge is 0.352 e. The lowest BCUT2D eigenvalue weighted by Gasteiger charge is -2.32. The van der Waals surface area contributed by atoms with Crippen molar-refractivity contribution in [1.29, 1.82) is 0 Å². The summed E-state index contributed by atoms with van der Waals surface area (Å²) in [5, 5.41) is 3.07. The van der Waals surface area contributed by atoms with Gasteiger partial charge in [0.2, 0.25) is 11.8 Å². The number of nitrogens with one attached hydrogen (secondary N) is 1. The molecule has 0 saturated heterocycles. The maximum Gasteiger partial charge on any atom is 0.243 e. The van der Waals surface area contributed by atoms with E-state index in [9.17, 15) is 14.0 Å². The van der Waals surface area contributed by atoms with E-state index in [2.05, 4.69) is 5.32 Å². The lowest BCUT2D eigenvalue weighted by Crippen LogP contribution is -2.52. The Balaban J connectivity index is 1.89. The molecule has 0 unspecified atom stereocenters. The van der Waals surface area contributed by atoms with Crippen LogP contribution in [0.2, 0.25) is 0 Å². The second kappa shape index (κ2) is 12.8. The summed E-state index contributed by atoms with van der Waals surface area (Å²) in [6.45, 7) is 6.24. The molecule has 1 N–H and O–H groups in total. The predicted molar refractivity (Wildman–Crippen MR) is 138 cm³/mol. The van der Waals surface area contributed by atoms with Gasteiger partial charge in [0, 0.05) is 25.4 Å². The van der Waals surface area contributed by atoms with E-state index in [1.807, 2.05) is 75.4 Å². The first kappa shape index (κ1) is 26.1. The van der Waals surface area contributed by atoms with Gasteiger partial charge in [0.15, 0.2) is 0 Å². The molecule has 0 aliphatic rings. The summed E-state index contributed by atoms with van der Waals surface area (Å²) in [5.74, 6) is -0.606. The molecule has 0 bridgehead atoms. The number of rotatable bonds is 11.